The van der Waals surface area contributed by atoms with Crippen LogP contribution in [0.25, 0.3) is 0 Å². The Hall–Kier alpha value is -2.82. The van der Waals surface area contributed by atoms with E-state index < -0.39 is 23.8 Å². The highest BCUT2D eigenvalue weighted by molar-refractivity contribution is 5.85. The molecule has 5 nitrogen and oxygen atoms in total. The predicted octanol–water partition coefficient (Wildman–Crippen LogP) is 4.53. The number of carbonyl (C=O) groups is 2. The van der Waals surface area contributed by atoms with Crippen LogP contribution in [0.15, 0.2) is 48.5 Å². The van der Waals surface area contributed by atoms with Crippen molar-refractivity contribution in [3.8, 4) is 5.75 Å². The van der Waals surface area contributed by atoms with E-state index in [1.54, 1.807) is 7.11 Å². The number of ether oxygens (including phenoxy) is 1. The lowest BCUT2D eigenvalue weighted by Crippen LogP contribution is -2.38. The van der Waals surface area contributed by atoms with Gasteiger partial charge in [-0.2, -0.15) is 0 Å². The highest BCUT2D eigenvalue weighted by Gasteiger charge is 2.38. The summed E-state index contributed by atoms with van der Waals surface area (Å²) in [4.78, 5) is 24.6. The van der Waals surface area contributed by atoms with E-state index >= 15 is 0 Å². The Kier molecular flexibility index (Phi) is 6.57. The molecule has 3 atom stereocenters. The maximum atomic E-state index is 13.1. The van der Waals surface area contributed by atoms with Gasteiger partial charge in [-0.3, -0.25) is 9.59 Å². The molecule has 29 heavy (non-hydrogen) atoms. The number of hydrogen-bond acceptors (Lipinski definition) is 3. The second kappa shape index (κ2) is 9.12. The van der Waals surface area contributed by atoms with Crippen LogP contribution in [0.2, 0.25) is 0 Å². The van der Waals surface area contributed by atoms with Crippen LogP contribution in [0.4, 0.5) is 0 Å². The Morgan fingerprint density at radius 1 is 1.00 bits per heavy atom. The van der Waals surface area contributed by atoms with Crippen molar-refractivity contribution in [1.82, 2.24) is 5.32 Å². The van der Waals surface area contributed by atoms with Gasteiger partial charge in [0.15, 0.2) is 0 Å². The summed E-state index contributed by atoms with van der Waals surface area (Å²) >= 11 is 0. The van der Waals surface area contributed by atoms with Crippen molar-refractivity contribution in [2.75, 3.05) is 7.11 Å². The maximum Gasteiger partial charge on any atom is 0.307 e. The smallest absolute Gasteiger partial charge is 0.307 e. The number of amides is 1. The molecule has 0 bridgehead atoms. The fourth-order valence-corrected chi connectivity index (χ4v) is 4.14. The number of carboxylic acids is 1. The summed E-state index contributed by atoms with van der Waals surface area (Å²) in [5.74, 6) is -1.11. The van der Waals surface area contributed by atoms with Crippen molar-refractivity contribution in [3.63, 3.8) is 0 Å². The van der Waals surface area contributed by atoms with Gasteiger partial charge in [0.2, 0.25) is 5.91 Å². The quantitative estimate of drug-likeness (QED) is 0.722. The van der Waals surface area contributed by atoms with Gasteiger partial charge >= 0.3 is 5.97 Å². The molecule has 3 unspecified atom stereocenters. The molecule has 3 rings (SSSR count). The van der Waals surface area contributed by atoms with Gasteiger partial charge in [0, 0.05) is 5.56 Å². The van der Waals surface area contributed by atoms with Crippen LogP contribution < -0.4 is 10.1 Å². The van der Waals surface area contributed by atoms with Gasteiger partial charge in [-0.15, -0.1) is 0 Å². The van der Waals surface area contributed by atoms with E-state index in [1.165, 1.54) is 5.56 Å². The molecule has 1 aliphatic rings. The summed E-state index contributed by atoms with van der Waals surface area (Å²) < 4.78 is 5.53. The number of para-hydroxylation sites is 1. The van der Waals surface area contributed by atoms with Crippen LogP contribution in [-0.4, -0.2) is 24.1 Å². The standard InChI is InChI=1S/C24H29NO4/c1-15(2)16-11-13-17(14-12-16)22(20-7-4-5-10-21(20)29-3)25-23(26)18-8-6-9-19(18)24(27)28/h4-5,7,10-15,18-19,22H,6,8-9H2,1-3H3,(H,25,26)(H,27,28). The first-order chi connectivity index (χ1) is 13.9. The third-order valence-electron chi connectivity index (χ3n) is 5.84. The number of aliphatic carboxylic acids is 1. The maximum absolute atomic E-state index is 13.1. The summed E-state index contributed by atoms with van der Waals surface area (Å²) in [5.41, 5.74) is 3.02. The Morgan fingerprint density at radius 2 is 1.62 bits per heavy atom. The highest BCUT2D eigenvalue weighted by atomic mass is 16.5. The number of hydrogen-bond donors (Lipinski definition) is 2. The molecular weight excluding hydrogens is 366 g/mol. The third kappa shape index (κ3) is 4.61. The molecular formula is C24H29NO4. The number of nitrogens with one attached hydrogen (secondary N) is 1. The summed E-state index contributed by atoms with van der Waals surface area (Å²) in [5, 5.41) is 12.6. The minimum Gasteiger partial charge on any atom is -0.496 e. The molecule has 2 N–H and O–H groups in total. The number of carboxylic acid groups (broad SMARTS) is 1. The summed E-state index contributed by atoms with van der Waals surface area (Å²) in [6.45, 7) is 4.28. The van der Waals surface area contributed by atoms with E-state index in [4.69, 9.17) is 4.74 Å². The average molecular weight is 395 g/mol. The largest absolute Gasteiger partial charge is 0.496 e. The Labute approximate surface area is 172 Å². The molecule has 0 heterocycles. The van der Waals surface area contributed by atoms with E-state index in [2.05, 4.69) is 31.3 Å². The lowest BCUT2D eigenvalue weighted by molar-refractivity contribution is -0.146. The van der Waals surface area contributed by atoms with Crippen molar-refractivity contribution in [1.29, 1.82) is 0 Å². The Morgan fingerprint density at radius 3 is 2.24 bits per heavy atom. The van der Waals surface area contributed by atoms with Crippen molar-refractivity contribution in [2.45, 2.75) is 45.1 Å². The zero-order valence-electron chi connectivity index (χ0n) is 17.2. The first-order valence-corrected chi connectivity index (χ1v) is 10.2. The predicted molar refractivity (Wildman–Crippen MR) is 112 cm³/mol. The molecule has 1 amide bonds. The van der Waals surface area contributed by atoms with Gasteiger partial charge in [-0.1, -0.05) is 62.7 Å². The zero-order valence-corrected chi connectivity index (χ0v) is 17.2. The summed E-state index contributed by atoms with van der Waals surface area (Å²) in [7, 11) is 1.61. The van der Waals surface area contributed by atoms with Crippen molar-refractivity contribution in [3.05, 3.63) is 65.2 Å². The second-order valence-electron chi connectivity index (χ2n) is 7.99. The molecule has 0 aromatic heterocycles. The van der Waals surface area contributed by atoms with Crippen LogP contribution in [-0.2, 0) is 9.59 Å². The molecule has 5 heteroatoms. The van der Waals surface area contributed by atoms with Gasteiger partial charge < -0.3 is 15.2 Å². The minimum atomic E-state index is -0.891. The first-order valence-electron chi connectivity index (χ1n) is 10.2. The van der Waals surface area contributed by atoms with Gasteiger partial charge in [-0.25, -0.2) is 0 Å². The topological polar surface area (TPSA) is 75.6 Å². The monoisotopic (exact) mass is 395 g/mol. The molecule has 154 valence electrons. The van der Waals surface area contributed by atoms with Gasteiger partial charge in [0.1, 0.15) is 5.75 Å². The fraction of sp³-hybridized carbons (Fsp3) is 0.417. The number of rotatable bonds is 7. The minimum absolute atomic E-state index is 0.209. The second-order valence-corrected chi connectivity index (χ2v) is 7.99. The van der Waals surface area contributed by atoms with Crippen molar-refractivity contribution >= 4 is 11.9 Å². The SMILES string of the molecule is COc1ccccc1C(NC(=O)C1CCCC1C(=O)O)c1ccc(C(C)C)cc1. The van der Waals surface area contributed by atoms with Crippen LogP contribution in [0.1, 0.15) is 61.8 Å². The molecule has 0 aliphatic heterocycles. The van der Waals surface area contributed by atoms with E-state index in [0.717, 1.165) is 17.5 Å². The van der Waals surface area contributed by atoms with Crippen molar-refractivity contribution < 1.29 is 19.4 Å². The van der Waals surface area contributed by atoms with E-state index in [1.807, 2.05) is 36.4 Å². The van der Waals surface area contributed by atoms with Gasteiger partial charge in [-0.05, 0) is 36.0 Å². The molecule has 1 saturated carbocycles. The summed E-state index contributed by atoms with van der Waals surface area (Å²) in [6, 6.07) is 15.4. The average Bonchev–Trinajstić information content (AvgIpc) is 3.22. The van der Waals surface area contributed by atoms with Crippen LogP contribution in [0.5, 0.6) is 5.75 Å². The number of benzene rings is 2. The molecule has 1 fully saturated rings. The van der Waals surface area contributed by atoms with Gasteiger partial charge in [0.25, 0.3) is 0 Å². The summed E-state index contributed by atoms with van der Waals surface area (Å²) in [6.07, 6.45) is 1.92. The van der Waals surface area contributed by atoms with Crippen molar-refractivity contribution in [2.24, 2.45) is 11.8 Å². The molecule has 2 aromatic carbocycles. The molecule has 0 spiro atoms. The first kappa shape index (κ1) is 20.9. The Balaban J connectivity index is 1.94. The van der Waals surface area contributed by atoms with Gasteiger partial charge in [0.05, 0.1) is 25.0 Å². The third-order valence-corrected chi connectivity index (χ3v) is 5.84. The normalized spacial score (nSPS) is 19.7. The fourth-order valence-electron chi connectivity index (χ4n) is 4.14. The number of carbonyl (C=O) groups excluding carboxylic acids is 1. The lowest BCUT2D eigenvalue weighted by Gasteiger charge is -2.25. The highest BCUT2D eigenvalue weighted by Crippen LogP contribution is 2.35. The van der Waals surface area contributed by atoms with E-state index in [9.17, 15) is 14.7 Å². The zero-order chi connectivity index (χ0) is 21.0. The Bertz CT molecular complexity index is 859. The lowest BCUT2D eigenvalue weighted by atomic mass is 9.92. The molecule has 0 saturated heterocycles. The van der Waals surface area contributed by atoms with E-state index in [0.29, 0.717) is 24.5 Å². The number of methoxy groups -OCH3 is 1. The van der Waals surface area contributed by atoms with Crippen LogP contribution >= 0.6 is 0 Å². The molecule has 1 aliphatic carbocycles. The van der Waals surface area contributed by atoms with E-state index in [-0.39, 0.29) is 5.91 Å². The van der Waals surface area contributed by atoms with Crippen LogP contribution in [0, 0.1) is 11.8 Å². The van der Waals surface area contributed by atoms with Crippen LogP contribution in [0.3, 0.4) is 0 Å². The molecule has 0 radical (unpaired) electrons. The molecule has 2 aromatic rings.